The molecule has 0 amide bonds. The number of carboxylic acid groups (broad SMARTS) is 1. The molecule has 96 valence electrons. The van der Waals surface area contributed by atoms with E-state index in [2.05, 4.69) is 4.98 Å². The molecule has 0 spiro atoms. The Morgan fingerprint density at radius 2 is 2.33 bits per heavy atom. The quantitative estimate of drug-likeness (QED) is 0.917. The number of nitrogens with zero attached hydrogens (tertiary/aromatic N) is 2. The van der Waals surface area contributed by atoms with E-state index in [-0.39, 0.29) is 5.92 Å². The predicted octanol–water partition coefficient (Wildman–Crippen LogP) is 2.94. The minimum atomic E-state index is -0.760. The number of halogens is 1. The minimum absolute atomic E-state index is 0.332. The Labute approximate surface area is 114 Å². The summed E-state index contributed by atoms with van der Waals surface area (Å²) in [6.45, 7) is 1.71. The van der Waals surface area contributed by atoms with Gasteiger partial charge in [-0.15, -0.1) is 0 Å². The molecule has 2 aromatic heterocycles. The maximum absolute atomic E-state index is 10.7. The van der Waals surface area contributed by atoms with Crippen molar-refractivity contribution in [2.45, 2.75) is 12.7 Å². The van der Waals surface area contributed by atoms with E-state index in [1.54, 1.807) is 30.9 Å². The summed E-state index contributed by atoms with van der Waals surface area (Å²) in [5, 5.41) is 9.44. The van der Waals surface area contributed by atoms with Gasteiger partial charge in [-0.2, -0.15) is 11.8 Å². The molecule has 0 saturated carbocycles. The third kappa shape index (κ3) is 3.17. The van der Waals surface area contributed by atoms with Crippen LogP contribution in [-0.4, -0.2) is 26.2 Å². The van der Waals surface area contributed by atoms with Crippen LogP contribution >= 0.6 is 23.4 Å². The minimum Gasteiger partial charge on any atom is -0.481 e. The van der Waals surface area contributed by atoms with Crippen molar-refractivity contribution < 1.29 is 9.90 Å². The van der Waals surface area contributed by atoms with E-state index in [1.165, 1.54) is 0 Å². The lowest BCUT2D eigenvalue weighted by Gasteiger charge is -2.03. The topological polar surface area (TPSA) is 54.6 Å². The summed E-state index contributed by atoms with van der Waals surface area (Å²) in [5.74, 6) is 0.201. The number of thioether (sulfide) groups is 1. The van der Waals surface area contributed by atoms with Crippen LogP contribution in [0.1, 0.15) is 12.6 Å². The molecule has 1 atom stereocenters. The van der Waals surface area contributed by atoms with Crippen molar-refractivity contribution in [1.82, 2.24) is 9.38 Å². The molecule has 0 fully saturated rings. The largest absolute Gasteiger partial charge is 0.481 e. The van der Waals surface area contributed by atoms with Crippen LogP contribution in [0.4, 0.5) is 0 Å². The molecular weight excluding hydrogens is 272 g/mol. The number of hydrogen-bond donors (Lipinski definition) is 1. The Kier molecular flexibility index (Phi) is 4.14. The van der Waals surface area contributed by atoms with Crippen LogP contribution in [0.5, 0.6) is 0 Å². The van der Waals surface area contributed by atoms with Gasteiger partial charge < -0.3 is 9.51 Å². The van der Waals surface area contributed by atoms with Crippen molar-refractivity contribution in [2.24, 2.45) is 5.92 Å². The molecule has 0 radical (unpaired) electrons. The smallest absolute Gasteiger partial charge is 0.307 e. The Morgan fingerprint density at radius 3 is 3.06 bits per heavy atom. The van der Waals surface area contributed by atoms with Gasteiger partial charge in [0.1, 0.15) is 5.65 Å². The van der Waals surface area contributed by atoms with E-state index in [0.717, 1.165) is 11.3 Å². The Hall–Kier alpha value is -1.20. The maximum Gasteiger partial charge on any atom is 0.307 e. The molecule has 0 aliphatic heterocycles. The molecule has 2 aromatic rings. The number of aliphatic carboxylic acids is 1. The number of hydrogen-bond acceptors (Lipinski definition) is 3. The second-order valence-corrected chi connectivity index (χ2v) is 5.57. The number of carbonyl (C=O) groups is 1. The highest BCUT2D eigenvalue weighted by Gasteiger charge is 2.11. The molecule has 0 bridgehead atoms. The fourth-order valence-corrected chi connectivity index (χ4v) is 2.63. The zero-order chi connectivity index (χ0) is 13.1. The van der Waals surface area contributed by atoms with Crippen molar-refractivity contribution in [3.05, 3.63) is 35.2 Å². The molecule has 2 heterocycles. The first-order valence-corrected chi connectivity index (χ1v) is 7.03. The average molecular weight is 285 g/mol. The molecule has 18 heavy (non-hydrogen) atoms. The van der Waals surface area contributed by atoms with Gasteiger partial charge >= 0.3 is 5.97 Å². The Bertz CT molecular complexity index is 570. The zero-order valence-electron chi connectivity index (χ0n) is 9.84. The summed E-state index contributed by atoms with van der Waals surface area (Å²) in [7, 11) is 0. The number of fused-ring (bicyclic) bond motifs is 1. The number of aromatic nitrogens is 2. The SMILES string of the molecule is CC(CSCc1cn2cc(Cl)ccc2n1)C(=O)O. The van der Waals surface area contributed by atoms with Gasteiger partial charge in [-0.3, -0.25) is 4.79 Å². The van der Waals surface area contributed by atoms with Crippen molar-refractivity contribution in [3.8, 4) is 0 Å². The molecule has 0 aliphatic rings. The highest BCUT2D eigenvalue weighted by atomic mass is 35.5. The number of rotatable bonds is 5. The molecule has 1 unspecified atom stereocenters. The predicted molar refractivity (Wildman–Crippen MR) is 73.2 cm³/mol. The highest BCUT2D eigenvalue weighted by Crippen LogP contribution is 2.17. The van der Waals surface area contributed by atoms with Crippen LogP contribution in [-0.2, 0) is 10.5 Å². The molecule has 0 aliphatic carbocycles. The average Bonchev–Trinajstić information content (AvgIpc) is 2.70. The van der Waals surface area contributed by atoms with Crippen LogP contribution in [0.3, 0.4) is 0 Å². The lowest BCUT2D eigenvalue weighted by atomic mass is 10.2. The van der Waals surface area contributed by atoms with Gasteiger partial charge in [0.05, 0.1) is 16.6 Å². The summed E-state index contributed by atoms with van der Waals surface area (Å²) in [6, 6.07) is 3.66. The van der Waals surface area contributed by atoms with E-state index in [1.807, 2.05) is 16.7 Å². The van der Waals surface area contributed by atoms with Gasteiger partial charge in [0.15, 0.2) is 0 Å². The van der Waals surface area contributed by atoms with Gasteiger partial charge in [0.25, 0.3) is 0 Å². The van der Waals surface area contributed by atoms with E-state index in [4.69, 9.17) is 16.7 Å². The van der Waals surface area contributed by atoms with Crippen LogP contribution in [0.2, 0.25) is 5.02 Å². The molecule has 0 aromatic carbocycles. The van der Waals surface area contributed by atoms with E-state index in [0.29, 0.717) is 16.5 Å². The maximum atomic E-state index is 10.7. The summed E-state index contributed by atoms with van der Waals surface area (Å²) in [5.41, 5.74) is 1.78. The first-order valence-electron chi connectivity index (χ1n) is 5.50. The summed E-state index contributed by atoms with van der Waals surface area (Å²) >= 11 is 7.46. The molecule has 0 saturated heterocycles. The second kappa shape index (κ2) is 5.63. The zero-order valence-corrected chi connectivity index (χ0v) is 11.4. The number of carboxylic acids is 1. The first-order chi connectivity index (χ1) is 8.56. The Balaban J connectivity index is 1.98. The molecule has 1 N–H and O–H groups in total. The fourth-order valence-electron chi connectivity index (χ4n) is 1.50. The summed E-state index contributed by atoms with van der Waals surface area (Å²) < 4.78 is 1.87. The number of pyridine rings is 1. The van der Waals surface area contributed by atoms with Gasteiger partial charge in [0, 0.05) is 23.9 Å². The van der Waals surface area contributed by atoms with E-state index in [9.17, 15) is 4.79 Å². The lowest BCUT2D eigenvalue weighted by Crippen LogP contribution is -2.11. The van der Waals surface area contributed by atoms with Crippen LogP contribution in [0.15, 0.2) is 24.5 Å². The molecule has 6 heteroatoms. The standard InChI is InChI=1S/C12H13ClN2O2S/c1-8(12(16)17)6-18-7-10-5-15-4-9(13)2-3-11(15)14-10/h2-5,8H,6-7H2,1H3,(H,16,17). The van der Waals surface area contributed by atoms with Gasteiger partial charge in [-0.1, -0.05) is 18.5 Å². The van der Waals surface area contributed by atoms with Crippen LogP contribution in [0, 0.1) is 5.92 Å². The third-order valence-electron chi connectivity index (χ3n) is 2.50. The highest BCUT2D eigenvalue weighted by molar-refractivity contribution is 7.98. The van der Waals surface area contributed by atoms with Crippen molar-refractivity contribution in [1.29, 1.82) is 0 Å². The van der Waals surface area contributed by atoms with Gasteiger partial charge in [-0.05, 0) is 12.1 Å². The lowest BCUT2D eigenvalue weighted by molar-refractivity contribution is -0.140. The van der Waals surface area contributed by atoms with E-state index < -0.39 is 5.97 Å². The molecular formula is C12H13ClN2O2S. The van der Waals surface area contributed by atoms with Gasteiger partial charge in [0.2, 0.25) is 0 Å². The summed E-state index contributed by atoms with van der Waals surface area (Å²) in [6.07, 6.45) is 3.72. The van der Waals surface area contributed by atoms with Gasteiger partial charge in [-0.25, -0.2) is 4.98 Å². The number of imidazole rings is 1. The first kappa shape index (κ1) is 13.2. The van der Waals surface area contributed by atoms with Crippen LogP contribution in [0.25, 0.3) is 5.65 Å². The van der Waals surface area contributed by atoms with E-state index >= 15 is 0 Å². The van der Waals surface area contributed by atoms with Crippen LogP contribution < -0.4 is 0 Å². The molecule has 4 nitrogen and oxygen atoms in total. The van der Waals surface area contributed by atoms with Crippen molar-refractivity contribution in [2.75, 3.05) is 5.75 Å². The second-order valence-electron chi connectivity index (χ2n) is 4.10. The monoisotopic (exact) mass is 284 g/mol. The third-order valence-corrected chi connectivity index (χ3v) is 3.96. The molecule has 2 rings (SSSR count). The normalized spacial score (nSPS) is 12.8. The van der Waals surface area contributed by atoms with Crippen molar-refractivity contribution in [3.63, 3.8) is 0 Å². The fraction of sp³-hybridized carbons (Fsp3) is 0.333. The van der Waals surface area contributed by atoms with Crippen molar-refractivity contribution >= 4 is 35.0 Å². The summed E-state index contributed by atoms with van der Waals surface area (Å²) in [4.78, 5) is 15.1. The Morgan fingerprint density at radius 1 is 1.56 bits per heavy atom.